The number of thiophene rings is 1. The molecule has 3 aromatic rings. The Kier molecular flexibility index (Phi) is 4.36. The van der Waals surface area contributed by atoms with Crippen LogP contribution in [0.15, 0.2) is 45.7 Å². The maximum absolute atomic E-state index is 12.8. The average molecular weight is 330 g/mol. The van der Waals surface area contributed by atoms with Crippen molar-refractivity contribution in [2.75, 3.05) is 5.75 Å². The SMILES string of the molecule is CC(C)CSc1nc2scc(-c3ccccc3)c2c(=O)n1C. The van der Waals surface area contributed by atoms with Gasteiger partial charge in [0.05, 0.1) is 5.39 Å². The lowest BCUT2D eigenvalue weighted by atomic mass is 10.1. The largest absolute Gasteiger partial charge is 0.290 e. The Hall–Kier alpha value is -1.59. The second kappa shape index (κ2) is 6.26. The van der Waals surface area contributed by atoms with Crippen LogP contribution in [-0.4, -0.2) is 15.3 Å². The summed E-state index contributed by atoms with van der Waals surface area (Å²) in [6.45, 7) is 4.34. The molecule has 0 saturated carbocycles. The Morgan fingerprint density at radius 1 is 1.27 bits per heavy atom. The summed E-state index contributed by atoms with van der Waals surface area (Å²) in [5, 5.41) is 3.56. The zero-order valence-electron chi connectivity index (χ0n) is 12.9. The van der Waals surface area contributed by atoms with Gasteiger partial charge in [-0.15, -0.1) is 11.3 Å². The van der Waals surface area contributed by atoms with Crippen LogP contribution in [-0.2, 0) is 7.05 Å². The highest BCUT2D eigenvalue weighted by Gasteiger charge is 2.15. The quantitative estimate of drug-likeness (QED) is 0.525. The van der Waals surface area contributed by atoms with E-state index in [0.29, 0.717) is 5.92 Å². The van der Waals surface area contributed by atoms with Gasteiger partial charge in [0, 0.05) is 23.7 Å². The van der Waals surface area contributed by atoms with E-state index in [2.05, 4.69) is 13.8 Å². The lowest BCUT2D eigenvalue weighted by molar-refractivity contribution is 0.714. The number of hydrogen-bond donors (Lipinski definition) is 0. The predicted molar refractivity (Wildman–Crippen MR) is 95.9 cm³/mol. The number of aromatic nitrogens is 2. The van der Waals surface area contributed by atoms with Gasteiger partial charge in [-0.25, -0.2) is 4.98 Å². The van der Waals surface area contributed by atoms with Crippen molar-refractivity contribution in [2.24, 2.45) is 13.0 Å². The first-order valence-corrected chi connectivity index (χ1v) is 9.11. The maximum atomic E-state index is 12.8. The monoisotopic (exact) mass is 330 g/mol. The summed E-state index contributed by atoms with van der Waals surface area (Å²) in [6.07, 6.45) is 0. The summed E-state index contributed by atoms with van der Waals surface area (Å²) in [5.74, 6) is 1.53. The van der Waals surface area contributed by atoms with E-state index in [9.17, 15) is 4.79 Å². The highest BCUT2D eigenvalue weighted by molar-refractivity contribution is 7.99. The van der Waals surface area contributed by atoms with E-state index in [1.165, 1.54) is 0 Å². The van der Waals surface area contributed by atoms with Gasteiger partial charge in [0.15, 0.2) is 5.16 Å². The lowest BCUT2D eigenvalue weighted by Gasteiger charge is -2.09. The van der Waals surface area contributed by atoms with E-state index in [1.807, 2.05) is 42.8 Å². The molecule has 0 bridgehead atoms. The van der Waals surface area contributed by atoms with Crippen LogP contribution in [0.4, 0.5) is 0 Å². The summed E-state index contributed by atoms with van der Waals surface area (Å²) in [7, 11) is 1.81. The molecule has 3 nitrogen and oxygen atoms in total. The minimum Gasteiger partial charge on any atom is -0.290 e. The van der Waals surface area contributed by atoms with Gasteiger partial charge in [0.25, 0.3) is 5.56 Å². The van der Waals surface area contributed by atoms with Gasteiger partial charge in [-0.05, 0) is 11.5 Å². The molecule has 3 rings (SSSR count). The van der Waals surface area contributed by atoms with Crippen LogP contribution in [0.2, 0.25) is 0 Å². The highest BCUT2D eigenvalue weighted by Crippen LogP contribution is 2.32. The van der Waals surface area contributed by atoms with Crippen molar-refractivity contribution in [3.05, 3.63) is 46.1 Å². The second-order valence-electron chi connectivity index (χ2n) is 5.66. The minimum atomic E-state index is 0.0383. The molecule has 0 fully saturated rings. The third-order valence-corrected chi connectivity index (χ3v) is 5.73. The zero-order valence-corrected chi connectivity index (χ0v) is 14.5. The van der Waals surface area contributed by atoms with Crippen LogP contribution in [0.3, 0.4) is 0 Å². The van der Waals surface area contributed by atoms with Gasteiger partial charge in [-0.3, -0.25) is 9.36 Å². The van der Waals surface area contributed by atoms with Gasteiger partial charge in [0.2, 0.25) is 0 Å². The van der Waals surface area contributed by atoms with Crippen molar-refractivity contribution in [1.82, 2.24) is 9.55 Å². The van der Waals surface area contributed by atoms with Gasteiger partial charge in [-0.1, -0.05) is 55.9 Å². The van der Waals surface area contributed by atoms with E-state index in [1.54, 1.807) is 27.7 Å². The zero-order chi connectivity index (χ0) is 15.7. The average Bonchev–Trinajstić information content (AvgIpc) is 2.94. The van der Waals surface area contributed by atoms with Crippen LogP contribution in [0.5, 0.6) is 0 Å². The number of fused-ring (bicyclic) bond motifs is 1. The number of nitrogens with zero attached hydrogens (tertiary/aromatic N) is 2. The summed E-state index contributed by atoms with van der Waals surface area (Å²) >= 11 is 3.19. The van der Waals surface area contributed by atoms with E-state index in [4.69, 9.17) is 4.98 Å². The van der Waals surface area contributed by atoms with Crippen LogP contribution >= 0.6 is 23.1 Å². The Morgan fingerprint density at radius 2 is 2.00 bits per heavy atom. The van der Waals surface area contributed by atoms with Crippen molar-refractivity contribution < 1.29 is 0 Å². The smallest absolute Gasteiger partial charge is 0.263 e. The Balaban J connectivity index is 2.13. The molecule has 0 N–H and O–H groups in total. The Morgan fingerprint density at radius 3 is 2.68 bits per heavy atom. The van der Waals surface area contributed by atoms with Crippen molar-refractivity contribution in [3.8, 4) is 11.1 Å². The molecule has 0 aliphatic carbocycles. The van der Waals surface area contributed by atoms with Crippen LogP contribution in [0, 0.1) is 5.92 Å². The highest BCUT2D eigenvalue weighted by atomic mass is 32.2. The fourth-order valence-electron chi connectivity index (χ4n) is 2.25. The van der Waals surface area contributed by atoms with Gasteiger partial charge in [-0.2, -0.15) is 0 Å². The van der Waals surface area contributed by atoms with E-state index in [-0.39, 0.29) is 5.56 Å². The molecule has 0 radical (unpaired) electrons. The van der Waals surface area contributed by atoms with Gasteiger partial charge in [0.1, 0.15) is 4.83 Å². The molecule has 0 aliphatic rings. The van der Waals surface area contributed by atoms with E-state index >= 15 is 0 Å². The number of rotatable bonds is 4. The summed E-state index contributed by atoms with van der Waals surface area (Å²) in [6, 6.07) is 10.0. The fourth-order valence-corrected chi connectivity index (χ4v) is 4.16. The standard InChI is InChI=1S/C17H18N2OS2/c1-11(2)9-22-17-18-15-14(16(20)19(17)3)13(10-21-15)12-7-5-4-6-8-12/h4-8,10-11H,9H2,1-3H3. The predicted octanol–water partition coefficient (Wildman–Crippen LogP) is 4.41. The molecule has 0 spiro atoms. The minimum absolute atomic E-state index is 0.0383. The molecule has 2 aromatic heterocycles. The molecule has 5 heteroatoms. The van der Waals surface area contributed by atoms with Crippen molar-refractivity contribution in [3.63, 3.8) is 0 Å². The first-order chi connectivity index (χ1) is 10.6. The molecule has 0 aliphatic heterocycles. The second-order valence-corrected chi connectivity index (χ2v) is 7.50. The summed E-state index contributed by atoms with van der Waals surface area (Å²) in [5.41, 5.74) is 2.08. The number of thioether (sulfide) groups is 1. The molecule has 1 aromatic carbocycles. The van der Waals surface area contributed by atoms with Gasteiger partial charge < -0.3 is 0 Å². The molecule has 2 heterocycles. The summed E-state index contributed by atoms with van der Waals surface area (Å²) in [4.78, 5) is 18.3. The Labute approximate surface area is 138 Å². The first kappa shape index (κ1) is 15.3. The first-order valence-electron chi connectivity index (χ1n) is 7.24. The number of benzene rings is 1. The van der Waals surface area contributed by atoms with Crippen LogP contribution in [0.1, 0.15) is 13.8 Å². The topological polar surface area (TPSA) is 34.9 Å². The van der Waals surface area contributed by atoms with E-state index in [0.717, 1.165) is 32.3 Å². The molecule has 0 saturated heterocycles. The molecule has 114 valence electrons. The summed E-state index contributed by atoms with van der Waals surface area (Å²) < 4.78 is 1.68. The van der Waals surface area contributed by atoms with Crippen LogP contribution in [0.25, 0.3) is 21.3 Å². The van der Waals surface area contributed by atoms with Gasteiger partial charge >= 0.3 is 0 Å². The molecule has 0 unspecified atom stereocenters. The Bertz CT molecular complexity index is 850. The molecular formula is C17H18N2OS2. The van der Waals surface area contributed by atoms with E-state index < -0.39 is 0 Å². The van der Waals surface area contributed by atoms with Crippen LogP contribution < -0.4 is 5.56 Å². The van der Waals surface area contributed by atoms with Crippen molar-refractivity contribution in [2.45, 2.75) is 19.0 Å². The normalized spacial score (nSPS) is 11.5. The molecule has 0 atom stereocenters. The lowest BCUT2D eigenvalue weighted by Crippen LogP contribution is -2.20. The molecular weight excluding hydrogens is 312 g/mol. The number of hydrogen-bond acceptors (Lipinski definition) is 4. The van der Waals surface area contributed by atoms with Crippen molar-refractivity contribution in [1.29, 1.82) is 0 Å². The molecule has 0 amide bonds. The fraction of sp³-hybridized carbons (Fsp3) is 0.294. The maximum Gasteiger partial charge on any atom is 0.263 e. The third-order valence-electron chi connectivity index (χ3n) is 3.40. The molecule has 22 heavy (non-hydrogen) atoms. The third kappa shape index (κ3) is 2.83. The van der Waals surface area contributed by atoms with Crippen molar-refractivity contribution >= 4 is 33.3 Å².